The third-order valence-corrected chi connectivity index (χ3v) is 6.49. The van der Waals surface area contributed by atoms with Crippen LogP contribution in [-0.4, -0.2) is 35.0 Å². The van der Waals surface area contributed by atoms with E-state index in [1.807, 2.05) is 42.5 Å². The van der Waals surface area contributed by atoms with E-state index < -0.39 is 11.9 Å². The van der Waals surface area contributed by atoms with Crippen molar-refractivity contribution in [3.8, 4) is 0 Å². The molecule has 0 aromatic heterocycles. The van der Waals surface area contributed by atoms with Crippen LogP contribution in [0.4, 0.5) is 0 Å². The number of rotatable bonds is 4. The van der Waals surface area contributed by atoms with Crippen molar-refractivity contribution in [2.75, 3.05) is 13.1 Å². The van der Waals surface area contributed by atoms with E-state index in [1.165, 1.54) is 16.3 Å². The number of benzene rings is 3. The van der Waals surface area contributed by atoms with E-state index in [1.54, 1.807) is 4.90 Å². The molecule has 4 heteroatoms. The van der Waals surface area contributed by atoms with E-state index in [-0.39, 0.29) is 23.7 Å². The van der Waals surface area contributed by atoms with Crippen molar-refractivity contribution in [2.24, 2.45) is 11.8 Å². The molecule has 146 valence electrons. The van der Waals surface area contributed by atoms with Crippen LogP contribution in [-0.2, 0) is 9.59 Å². The Morgan fingerprint density at radius 1 is 0.759 bits per heavy atom. The summed E-state index contributed by atoms with van der Waals surface area (Å²) in [5.41, 5.74) is 2.20. The van der Waals surface area contributed by atoms with Crippen LogP contribution in [0.1, 0.15) is 29.4 Å². The molecule has 4 atom stereocenters. The maximum absolute atomic E-state index is 13.1. The van der Waals surface area contributed by atoms with Gasteiger partial charge in [-0.2, -0.15) is 0 Å². The third kappa shape index (κ3) is 3.29. The molecule has 2 fully saturated rings. The first kappa shape index (κ1) is 17.9. The molecule has 0 radical (unpaired) electrons. The molecular weight excluding hydrogens is 362 g/mol. The molecule has 4 nitrogen and oxygen atoms in total. The lowest BCUT2D eigenvalue weighted by atomic mass is 9.89. The first-order chi connectivity index (χ1) is 14.1. The Bertz CT molecular complexity index is 1080. The number of amides is 1. The van der Waals surface area contributed by atoms with Gasteiger partial charge < -0.3 is 10.0 Å². The molecule has 1 amide bonds. The fourth-order valence-electron chi connectivity index (χ4n) is 4.78. The molecule has 1 heterocycles. The van der Waals surface area contributed by atoms with Gasteiger partial charge in [-0.15, -0.1) is 0 Å². The van der Waals surface area contributed by atoms with Crippen molar-refractivity contribution in [1.29, 1.82) is 0 Å². The Kier molecular flexibility index (Phi) is 4.35. The zero-order valence-electron chi connectivity index (χ0n) is 16.1. The summed E-state index contributed by atoms with van der Waals surface area (Å²) in [6, 6.07) is 24.4. The van der Waals surface area contributed by atoms with Crippen molar-refractivity contribution >= 4 is 22.6 Å². The van der Waals surface area contributed by atoms with Crippen LogP contribution in [0.5, 0.6) is 0 Å². The van der Waals surface area contributed by atoms with E-state index >= 15 is 0 Å². The van der Waals surface area contributed by atoms with Gasteiger partial charge in [0.2, 0.25) is 5.91 Å². The fraction of sp³-hybridized carbons (Fsp3) is 0.280. The topological polar surface area (TPSA) is 57.6 Å². The van der Waals surface area contributed by atoms with Crippen LogP contribution >= 0.6 is 0 Å². The molecule has 29 heavy (non-hydrogen) atoms. The van der Waals surface area contributed by atoms with Gasteiger partial charge in [-0.05, 0) is 34.2 Å². The van der Waals surface area contributed by atoms with Gasteiger partial charge in [-0.1, -0.05) is 72.8 Å². The summed E-state index contributed by atoms with van der Waals surface area (Å²) in [5.74, 6) is -1.19. The molecule has 1 aliphatic carbocycles. The molecular formula is C25H23NO3. The molecule has 1 saturated heterocycles. The van der Waals surface area contributed by atoms with Crippen LogP contribution in [0.25, 0.3) is 10.8 Å². The quantitative estimate of drug-likeness (QED) is 0.730. The number of nitrogens with zero attached hydrogens (tertiary/aromatic N) is 1. The van der Waals surface area contributed by atoms with Gasteiger partial charge in [0.25, 0.3) is 0 Å². The van der Waals surface area contributed by atoms with Gasteiger partial charge in [0.15, 0.2) is 0 Å². The molecule has 5 rings (SSSR count). The maximum atomic E-state index is 13.1. The number of hydrogen-bond acceptors (Lipinski definition) is 2. The largest absolute Gasteiger partial charge is 0.481 e. The number of carboxylic acids is 1. The fourth-order valence-corrected chi connectivity index (χ4v) is 4.78. The van der Waals surface area contributed by atoms with Crippen LogP contribution < -0.4 is 0 Å². The van der Waals surface area contributed by atoms with E-state index in [2.05, 4.69) is 30.3 Å². The van der Waals surface area contributed by atoms with Gasteiger partial charge in [-0.3, -0.25) is 9.59 Å². The first-order valence-corrected chi connectivity index (χ1v) is 10.2. The highest BCUT2D eigenvalue weighted by Gasteiger charge is 2.49. The average molecular weight is 385 g/mol. The molecule has 0 spiro atoms. The minimum atomic E-state index is -0.823. The molecule has 1 aliphatic heterocycles. The van der Waals surface area contributed by atoms with E-state index in [0.717, 1.165) is 12.0 Å². The smallest absolute Gasteiger partial charge is 0.308 e. The Balaban J connectivity index is 1.32. The average Bonchev–Trinajstić information content (AvgIpc) is 3.43. The van der Waals surface area contributed by atoms with Crippen LogP contribution in [0.2, 0.25) is 0 Å². The van der Waals surface area contributed by atoms with Gasteiger partial charge in [0.05, 0.1) is 5.92 Å². The zero-order chi connectivity index (χ0) is 20.0. The normalized spacial score (nSPS) is 25.9. The van der Waals surface area contributed by atoms with Gasteiger partial charge in [0, 0.05) is 24.9 Å². The Hall–Kier alpha value is -3.14. The summed E-state index contributed by atoms with van der Waals surface area (Å²) in [5, 5.41) is 12.1. The Morgan fingerprint density at radius 2 is 1.48 bits per heavy atom. The van der Waals surface area contributed by atoms with Crippen molar-refractivity contribution in [1.82, 2.24) is 4.90 Å². The lowest BCUT2D eigenvalue weighted by molar-refractivity contribution is -0.142. The number of carbonyl (C=O) groups is 2. The standard InChI is InChI=1S/C25H23NO3/c27-24(21-13-20(21)19-11-10-16-6-4-5-9-18(16)12-19)26-14-22(23(15-26)25(28)29)17-7-2-1-3-8-17/h1-12,20-23H,13-15H2,(H,28,29)/t20?,21?,22-,23-/m1/s1. The highest BCUT2D eigenvalue weighted by atomic mass is 16.4. The number of carboxylic acid groups (broad SMARTS) is 1. The van der Waals surface area contributed by atoms with Crippen molar-refractivity contribution in [3.63, 3.8) is 0 Å². The molecule has 3 aromatic carbocycles. The van der Waals surface area contributed by atoms with E-state index in [4.69, 9.17) is 0 Å². The Labute approximate surface area is 169 Å². The third-order valence-electron chi connectivity index (χ3n) is 6.49. The number of likely N-dealkylation sites (tertiary alicyclic amines) is 1. The summed E-state index contributed by atoms with van der Waals surface area (Å²) < 4.78 is 0. The van der Waals surface area contributed by atoms with Gasteiger partial charge >= 0.3 is 5.97 Å². The van der Waals surface area contributed by atoms with Crippen molar-refractivity contribution in [2.45, 2.75) is 18.3 Å². The molecule has 0 bridgehead atoms. The maximum Gasteiger partial charge on any atom is 0.308 e. The molecule has 3 aromatic rings. The lowest BCUT2D eigenvalue weighted by Gasteiger charge is -2.17. The number of carbonyl (C=O) groups excluding carboxylic acids is 1. The number of fused-ring (bicyclic) bond motifs is 1. The minimum Gasteiger partial charge on any atom is -0.481 e. The molecule has 1 saturated carbocycles. The van der Waals surface area contributed by atoms with Crippen molar-refractivity contribution < 1.29 is 14.7 Å². The highest BCUT2D eigenvalue weighted by molar-refractivity contribution is 5.87. The van der Waals surface area contributed by atoms with Crippen LogP contribution in [0.15, 0.2) is 72.8 Å². The predicted molar refractivity (Wildman–Crippen MR) is 112 cm³/mol. The van der Waals surface area contributed by atoms with Crippen LogP contribution in [0, 0.1) is 11.8 Å². The monoisotopic (exact) mass is 385 g/mol. The van der Waals surface area contributed by atoms with E-state index in [9.17, 15) is 14.7 Å². The summed E-state index contributed by atoms with van der Waals surface area (Å²) >= 11 is 0. The van der Waals surface area contributed by atoms with Crippen molar-refractivity contribution in [3.05, 3.63) is 83.9 Å². The van der Waals surface area contributed by atoms with E-state index in [0.29, 0.717) is 13.1 Å². The predicted octanol–water partition coefficient (Wildman–Crippen LogP) is 4.27. The van der Waals surface area contributed by atoms with Gasteiger partial charge in [0.1, 0.15) is 0 Å². The number of aliphatic carboxylic acids is 1. The molecule has 2 unspecified atom stereocenters. The zero-order valence-corrected chi connectivity index (χ0v) is 16.1. The Morgan fingerprint density at radius 3 is 2.24 bits per heavy atom. The SMILES string of the molecule is O=C(O)[C@@H]1CN(C(=O)C2CC2c2ccc3ccccc3c2)C[C@@H]1c1ccccc1. The summed E-state index contributed by atoms with van der Waals surface area (Å²) in [7, 11) is 0. The number of hydrogen-bond donors (Lipinski definition) is 1. The summed E-state index contributed by atoms with van der Waals surface area (Å²) in [6.07, 6.45) is 0.849. The second kappa shape index (κ2) is 7.03. The van der Waals surface area contributed by atoms with Gasteiger partial charge in [-0.25, -0.2) is 0 Å². The minimum absolute atomic E-state index is 0.0277. The molecule has 2 aliphatic rings. The second-order valence-electron chi connectivity index (χ2n) is 8.26. The molecule has 1 N–H and O–H groups in total. The summed E-state index contributed by atoms with van der Waals surface area (Å²) in [4.78, 5) is 26.7. The second-order valence-corrected chi connectivity index (χ2v) is 8.26. The highest BCUT2D eigenvalue weighted by Crippen LogP contribution is 2.50. The first-order valence-electron chi connectivity index (χ1n) is 10.2. The summed E-state index contributed by atoms with van der Waals surface area (Å²) in [6.45, 7) is 0.787. The lowest BCUT2D eigenvalue weighted by Crippen LogP contribution is -2.31. The van der Waals surface area contributed by atoms with Crippen LogP contribution in [0.3, 0.4) is 0 Å².